The SMILES string of the molecule is CCCCOc1ccc(/C=C/[C@@]23NC(=O)CCN2c2ccccc2C3(C)C)cc1OCC. The van der Waals surface area contributed by atoms with E-state index in [4.69, 9.17) is 9.47 Å². The third-order valence-corrected chi connectivity index (χ3v) is 6.68. The van der Waals surface area contributed by atoms with E-state index in [-0.39, 0.29) is 11.3 Å². The molecule has 0 radical (unpaired) electrons. The lowest BCUT2D eigenvalue weighted by Gasteiger charge is -2.49. The molecule has 170 valence electrons. The van der Waals surface area contributed by atoms with E-state index in [1.165, 1.54) is 11.3 Å². The summed E-state index contributed by atoms with van der Waals surface area (Å²) in [6, 6.07) is 14.5. The lowest BCUT2D eigenvalue weighted by molar-refractivity contribution is -0.124. The van der Waals surface area contributed by atoms with E-state index < -0.39 is 5.66 Å². The fourth-order valence-electron chi connectivity index (χ4n) is 4.88. The molecule has 5 heteroatoms. The maximum Gasteiger partial charge on any atom is 0.223 e. The van der Waals surface area contributed by atoms with Crippen LogP contribution >= 0.6 is 0 Å². The van der Waals surface area contributed by atoms with Crippen molar-refractivity contribution in [2.24, 2.45) is 0 Å². The summed E-state index contributed by atoms with van der Waals surface area (Å²) in [5.41, 5.74) is 2.55. The summed E-state index contributed by atoms with van der Waals surface area (Å²) in [4.78, 5) is 14.9. The zero-order valence-electron chi connectivity index (χ0n) is 19.6. The molecule has 0 spiro atoms. The number of nitrogens with one attached hydrogen (secondary N) is 1. The van der Waals surface area contributed by atoms with Gasteiger partial charge in [0, 0.05) is 24.1 Å². The molecule has 0 aliphatic carbocycles. The molecule has 1 amide bonds. The highest BCUT2D eigenvalue weighted by Gasteiger charge is 2.57. The van der Waals surface area contributed by atoms with Crippen LogP contribution in [0.5, 0.6) is 11.5 Å². The van der Waals surface area contributed by atoms with Crippen LogP contribution in [0.25, 0.3) is 6.08 Å². The van der Waals surface area contributed by atoms with E-state index in [1.54, 1.807) is 0 Å². The Kier molecular flexibility index (Phi) is 6.18. The molecule has 0 aromatic heterocycles. The van der Waals surface area contributed by atoms with Gasteiger partial charge in [-0.1, -0.05) is 57.5 Å². The number of rotatable bonds is 8. The summed E-state index contributed by atoms with van der Waals surface area (Å²) in [7, 11) is 0. The Morgan fingerprint density at radius 1 is 1.09 bits per heavy atom. The number of fused-ring (bicyclic) bond motifs is 3. The molecule has 32 heavy (non-hydrogen) atoms. The summed E-state index contributed by atoms with van der Waals surface area (Å²) >= 11 is 0. The predicted octanol–water partition coefficient (Wildman–Crippen LogP) is 5.29. The minimum atomic E-state index is -0.617. The molecule has 2 aliphatic heterocycles. The number of hydrogen-bond acceptors (Lipinski definition) is 4. The Morgan fingerprint density at radius 3 is 2.69 bits per heavy atom. The number of ether oxygens (including phenoxy) is 2. The van der Waals surface area contributed by atoms with E-state index in [1.807, 2.05) is 25.1 Å². The van der Waals surface area contributed by atoms with Crippen LogP contribution in [0.4, 0.5) is 5.69 Å². The third-order valence-electron chi connectivity index (χ3n) is 6.68. The summed E-state index contributed by atoms with van der Waals surface area (Å²) in [6.45, 7) is 10.5. The zero-order valence-corrected chi connectivity index (χ0v) is 19.6. The number of amides is 1. The fraction of sp³-hybridized carbons (Fsp3) is 0.444. The maximum atomic E-state index is 12.6. The molecular weight excluding hydrogens is 400 g/mol. The molecule has 0 unspecified atom stereocenters. The van der Waals surface area contributed by atoms with Gasteiger partial charge >= 0.3 is 0 Å². The van der Waals surface area contributed by atoms with Gasteiger partial charge in [-0.15, -0.1) is 0 Å². The molecule has 4 rings (SSSR count). The topological polar surface area (TPSA) is 50.8 Å². The molecular formula is C27H34N2O3. The highest BCUT2D eigenvalue weighted by molar-refractivity contribution is 5.84. The Morgan fingerprint density at radius 2 is 1.91 bits per heavy atom. The van der Waals surface area contributed by atoms with Crippen molar-refractivity contribution in [3.05, 3.63) is 59.7 Å². The monoisotopic (exact) mass is 434 g/mol. The first-order valence-electron chi connectivity index (χ1n) is 11.7. The third kappa shape index (κ3) is 3.74. The zero-order chi connectivity index (χ0) is 22.8. The average Bonchev–Trinajstić information content (AvgIpc) is 2.98. The molecule has 5 nitrogen and oxygen atoms in total. The maximum absolute atomic E-state index is 12.6. The largest absolute Gasteiger partial charge is 0.490 e. The normalized spacial score (nSPS) is 21.2. The second-order valence-electron chi connectivity index (χ2n) is 9.03. The smallest absolute Gasteiger partial charge is 0.223 e. The number of anilines is 1. The first kappa shape index (κ1) is 22.3. The minimum Gasteiger partial charge on any atom is -0.490 e. The van der Waals surface area contributed by atoms with Gasteiger partial charge in [-0.25, -0.2) is 0 Å². The van der Waals surface area contributed by atoms with Gasteiger partial charge in [-0.05, 0) is 48.7 Å². The van der Waals surface area contributed by atoms with Crippen LogP contribution in [0.2, 0.25) is 0 Å². The molecule has 2 aromatic carbocycles. The van der Waals surface area contributed by atoms with Crippen LogP contribution in [0.1, 0.15) is 58.1 Å². The summed E-state index contributed by atoms with van der Waals surface area (Å²) in [5.74, 6) is 1.61. The van der Waals surface area contributed by atoms with Crippen molar-refractivity contribution >= 4 is 17.7 Å². The van der Waals surface area contributed by atoms with E-state index in [0.29, 0.717) is 26.2 Å². The molecule has 2 heterocycles. The second kappa shape index (κ2) is 8.89. The Balaban J connectivity index is 1.69. The standard InChI is InChI=1S/C27H34N2O3/c1-5-7-18-32-23-13-12-20(19-24(23)31-6-2)14-16-27-26(3,4)21-10-8-9-11-22(21)29(27)17-15-25(30)28-27/h8-14,16,19H,5-7,15,17-18H2,1-4H3,(H,28,30)/b16-14+/t27-/m1/s1. The van der Waals surface area contributed by atoms with Gasteiger partial charge in [-0.2, -0.15) is 0 Å². The molecule has 1 fully saturated rings. The number of hydrogen-bond donors (Lipinski definition) is 1. The Bertz CT molecular complexity index is 1010. The first-order valence-corrected chi connectivity index (χ1v) is 11.7. The molecule has 1 saturated heterocycles. The number of carbonyl (C=O) groups is 1. The molecule has 1 atom stereocenters. The number of nitrogens with zero attached hydrogens (tertiary/aromatic N) is 1. The van der Waals surface area contributed by atoms with Crippen molar-refractivity contribution in [2.45, 2.75) is 58.0 Å². The average molecular weight is 435 g/mol. The van der Waals surface area contributed by atoms with Crippen LogP contribution in [0, 0.1) is 0 Å². The Labute approximate surface area is 191 Å². The van der Waals surface area contributed by atoms with Crippen molar-refractivity contribution in [1.82, 2.24) is 5.32 Å². The summed E-state index contributed by atoms with van der Waals surface area (Å²) < 4.78 is 11.8. The van der Waals surface area contributed by atoms with Crippen molar-refractivity contribution in [1.29, 1.82) is 0 Å². The fourth-order valence-corrected chi connectivity index (χ4v) is 4.88. The van der Waals surface area contributed by atoms with Gasteiger partial charge in [0.1, 0.15) is 5.66 Å². The first-order chi connectivity index (χ1) is 15.4. The number of para-hydroxylation sites is 1. The quantitative estimate of drug-likeness (QED) is 0.574. The molecule has 0 saturated carbocycles. The van der Waals surface area contributed by atoms with Gasteiger partial charge in [-0.3, -0.25) is 4.79 Å². The van der Waals surface area contributed by atoms with Crippen molar-refractivity contribution in [3.63, 3.8) is 0 Å². The highest BCUT2D eigenvalue weighted by atomic mass is 16.5. The van der Waals surface area contributed by atoms with Gasteiger partial charge in [0.2, 0.25) is 5.91 Å². The summed E-state index contributed by atoms with van der Waals surface area (Å²) in [5, 5.41) is 3.33. The number of benzene rings is 2. The van der Waals surface area contributed by atoms with Crippen LogP contribution in [0.3, 0.4) is 0 Å². The number of unbranched alkanes of at least 4 members (excludes halogenated alkanes) is 1. The van der Waals surface area contributed by atoms with E-state index in [0.717, 1.165) is 29.9 Å². The summed E-state index contributed by atoms with van der Waals surface area (Å²) in [6.07, 6.45) is 6.84. The van der Waals surface area contributed by atoms with Crippen molar-refractivity contribution < 1.29 is 14.3 Å². The Hall–Kier alpha value is -2.95. The lowest BCUT2D eigenvalue weighted by atomic mass is 9.74. The van der Waals surface area contributed by atoms with E-state index in [9.17, 15) is 4.79 Å². The van der Waals surface area contributed by atoms with Gasteiger partial charge in [0.05, 0.1) is 13.2 Å². The number of carbonyl (C=O) groups excluding carboxylic acids is 1. The molecule has 1 N–H and O–H groups in total. The van der Waals surface area contributed by atoms with Gasteiger partial charge < -0.3 is 19.7 Å². The van der Waals surface area contributed by atoms with Crippen molar-refractivity contribution in [2.75, 3.05) is 24.7 Å². The predicted molar refractivity (Wildman–Crippen MR) is 129 cm³/mol. The highest BCUT2D eigenvalue weighted by Crippen LogP contribution is 2.52. The van der Waals surface area contributed by atoms with E-state index in [2.05, 4.69) is 67.4 Å². The van der Waals surface area contributed by atoms with Crippen LogP contribution in [-0.4, -0.2) is 31.3 Å². The minimum absolute atomic E-state index is 0.0847. The van der Waals surface area contributed by atoms with Gasteiger partial charge in [0.15, 0.2) is 11.5 Å². The van der Waals surface area contributed by atoms with Gasteiger partial charge in [0.25, 0.3) is 0 Å². The van der Waals surface area contributed by atoms with Crippen LogP contribution < -0.4 is 19.7 Å². The second-order valence-corrected chi connectivity index (χ2v) is 9.03. The van der Waals surface area contributed by atoms with E-state index >= 15 is 0 Å². The molecule has 2 aromatic rings. The van der Waals surface area contributed by atoms with Crippen LogP contribution in [0.15, 0.2) is 48.5 Å². The molecule has 0 bridgehead atoms. The van der Waals surface area contributed by atoms with Crippen molar-refractivity contribution in [3.8, 4) is 11.5 Å². The van der Waals surface area contributed by atoms with Crippen LogP contribution in [-0.2, 0) is 10.2 Å². The lowest BCUT2D eigenvalue weighted by Crippen LogP contribution is -2.68. The molecule has 2 aliphatic rings.